The quantitative estimate of drug-likeness (QED) is 0.741. The SMILES string of the molecule is NCc1ccn(CC2CC2)c(=O)c1. The Morgan fingerprint density at radius 1 is 1.54 bits per heavy atom. The third-order valence-electron chi connectivity index (χ3n) is 2.45. The molecule has 0 amide bonds. The molecule has 1 heterocycles. The van der Waals surface area contributed by atoms with E-state index in [-0.39, 0.29) is 5.56 Å². The smallest absolute Gasteiger partial charge is 0.250 e. The fourth-order valence-corrected chi connectivity index (χ4v) is 1.41. The summed E-state index contributed by atoms with van der Waals surface area (Å²) in [6.07, 6.45) is 4.39. The zero-order chi connectivity index (χ0) is 9.26. The Labute approximate surface area is 77.2 Å². The Hall–Kier alpha value is -1.09. The van der Waals surface area contributed by atoms with Crippen molar-refractivity contribution in [2.75, 3.05) is 0 Å². The zero-order valence-corrected chi connectivity index (χ0v) is 7.57. The second-order valence-electron chi connectivity index (χ2n) is 3.67. The molecular formula is C10H14N2O. The van der Waals surface area contributed by atoms with Crippen LogP contribution in [0, 0.1) is 5.92 Å². The maximum atomic E-state index is 11.5. The van der Waals surface area contributed by atoms with E-state index in [1.54, 1.807) is 10.6 Å². The molecule has 2 rings (SSSR count). The molecule has 1 fully saturated rings. The molecule has 0 atom stereocenters. The Kier molecular flexibility index (Phi) is 2.19. The number of pyridine rings is 1. The Bertz CT molecular complexity index is 352. The van der Waals surface area contributed by atoms with Crippen LogP contribution < -0.4 is 11.3 Å². The van der Waals surface area contributed by atoms with Gasteiger partial charge in [-0.2, -0.15) is 0 Å². The van der Waals surface area contributed by atoms with Gasteiger partial charge in [0.25, 0.3) is 5.56 Å². The fourth-order valence-electron chi connectivity index (χ4n) is 1.41. The topological polar surface area (TPSA) is 48.0 Å². The molecule has 0 aromatic carbocycles. The van der Waals surface area contributed by atoms with E-state index in [0.29, 0.717) is 6.54 Å². The molecule has 0 spiro atoms. The average molecular weight is 178 g/mol. The Morgan fingerprint density at radius 3 is 2.85 bits per heavy atom. The molecule has 1 aliphatic rings. The normalized spacial score (nSPS) is 16.1. The maximum absolute atomic E-state index is 11.5. The minimum Gasteiger partial charge on any atom is -0.326 e. The van der Waals surface area contributed by atoms with Crippen LogP contribution in [0.1, 0.15) is 18.4 Å². The summed E-state index contributed by atoms with van der Waals surface area (Å²) in [5.41, 5.74) is 6.43. The molecule has 1 aliphatic carbocycles. The highest BCUT2D eigenvalue weighted by Crippen LogP contribution is 2.29. The van der Waals surface area contributed by atoms with Crippen molar-refractivity contribution < 1.29 is 0 Å². The number of aromatic nitrogens is 1. The van der Waals surface area contributed by atoms with Crippen molar-refractivity contribution in [2.24, 2.45) is 11.7 Å². The number of hydrogen-bond acceptors (Lipinski definition) is 2. The van der Waals surface area contributed by atoms with Crippen LogP contribution in [0.3, 0.4) is 0 Å². The van der Waals surface area contributed by atoms with E-state index in [4.69, 9.17) is 5.73 Å². The fraction of sp³-hybridized carbons (Fsp3) is 0.500. The van der Waals surface area contributed by atoms with Gasteiger partial charge >= 0.3 is 0 Å². The minimum atomic E-state index is 0.0786. The monoisotopic (exact) mass is 178 g/mol. The van der Waals surface area contributed by atoms with E-state index in [1.807, 2.05) is 12.3 Å². The molecule has 3 nitrogen and oxygen atoms in total. The van der Waals surface area contributed by atoms with Gasteiger partial charge < -0.3 is 10.3 Å². The lowest BCUT2D eigenvalue weighted by Crippen LogP contribution is -2.20. The molecular weight excluding hydrogens is 164 g/mol. The van der Waals surface area contributed by atoms with Crippen LogP contribution >= 0.6 is 0 Å². The van der Waals surface area contributed by atoms with Crippen LogP contribution in [0.5, 0.6) is 0 Å². The van der Waals surface area contributed by atoms with Crippen molar-refractivity contribution in [3.05, 3.63) is 34.2 Å². The van der Waals surface area contributed by atoms with Gasteiger partial charge in [-0.1, -0.05) is 0 Å². The number of nitrogens with zero attached hydrogens (tertiary/aromatic N) is 1. The number of nitrogens with two attached hydrogens (primary N) is 1. The molecule has 0 saturated heterocycles. The highest BCUT2D eigenvalue weighted by molar-refractivity contribution is 5.10. The third-order valence-corrected chi connectivity index (χ3v) is 2.45. The van der Waals surface area contributed by atoms with Crippen molar-refractivity contribution in [3.63, 3.8) is 0 Å². The van der Waals surface area contributed by atoms with Gasteiger partial charge in [0.05, 0.1) is 0 Å². The first-order valence-electron chi connectivity index (χ1n) is 4.69. The van der Waals surface area contributed by atoms with E-state index in [0.717, 1.165) is 18.0 Å². The van der Waals surface area contributed by atoms with E-state index < -0.39 is 0 Å². The molecule has 3 heteroatoms. The third kappa shape index (κ3) is 1.98. The summed E-state index contributed by atoms with van der Waals surface area (Å²) in [7, 11) is 0. The molecule has 0 bridgehead atoms. The predicted octanol–water partition coefficient (Wildman–Crippen LogP) is 0.717. The first-order chi connectivity index (χ1) is 6.29. The summed E-state index contributed by atoms with van der Waals surface area (Å²) in [6, 6.07) is 3.55. The van der Waals surface area contributed by atoms with E-state index in [2.05, 4.69) is 0 Å². The Morgan fingerprint density at radius 2 is 2.31 bits per heavy atom. The van der Waals surface area contributed by atoms with Crippen molar-refractivity contribution in [3.8, 4) is 0 Å². The van der Waals surface area contributed by atoms with Crippen LogP contribution in [0.25, 0.3) is 0 Å². The van der Waals surface area contributed by atoms with Gasteiger partial charge in [0, 0.05) is 25.4 Å². The molecule has 1 aromatic rings. The lowest BCUT2D eigenvalue weighted by Gasteiger charge is -2.04. The summed E-state index contributed by atoms with van der Waals surface area (Å²) < 4.78 is 1.77. The van der Waals surface area contributed by atoms with Gasteiger partial charge in [0.2, 0.25) is 0 Å². The van der Waals surface area contributed by atoms with E-state index >= 15 is 0 Å². The second-order valence-corrected chi connectivity index (χ2v) is 3.67. The summed E-state index contributed by atoms with van der Waals surface area (Å²) in [6.45, 7) is 1.32. The first kappa shape index (κ1) is 8.51. The molecule has 13 heavy (non-hydrogen) atoms. The molecule has 1 saturated carbocycles. The summed E-state index contributed by atoms with van der Waals surface area (Å²) in [4.78, 5) is 11.5. The zero-order valence-electron chi connectivity index (χ0n) is 7.57. The lowest BCUT2D eigenvalue weighted by molar-refractivity contribution is 0.605. The number of rotatable bonds is 3. The standard InChI is InChI=1S/C10H14N2O/c11-6-9-3-4-12(10(13)5-9)7-8-1-2-8/h3-5,8H,1-2,6-7,11H2. The van der Waals surface area contributed by atoms with Crippen molar-refractivity contribution in [1.82, 2.24) is 4.57 Å². The predicted molar refractivity (Wildman–Crippen MR) is 51.3 cm³/mol. The largest absolute Gasteiger partial charge is 0.326 e. The Balaban J connectivity index is 2.20. The highest BCUT2D eigenvalue weighted by atomic mass is 16.1. The number of hydrogen-bond donors (Lipinski definition) is 1. The van der Waals surface area contributed by atoms with Gasteiger partial charge in [-0.15, -0.1) is 0 Å². The second kappa shape index (κ2) is 3.34. The van der Waals surface area contributed by atoms with E-state index in [1.165, 1.54) is 12.8 Å². The summed E-state index contributed by atoms with van der Waals surface area (Å²) in [5, 5.41) is 0. The van der Waals surface area contributed by atoms with Gasteiger partial charge in [-0.05, 0) is 30.4 Å². The lowest BCUT2D eigenvalue weighted by atomic mass is 10.2. The van der Waals surface area contributed by atoms with Crippen LogP contribution in [0.2, 0.25) is 0 Å². The molecule has 1 aromatic heterocycles. The summed E-state index contributed by atoms with van der Waals surface area (Å²) in [5.74, 6) is 0.737. The summed E-state index contributed by atoms with van der Waals surface area (Å²) >= 11 is 0. The van der Waals surface area contributed by atoms with Crippen LogP contribution in [0.15, 0.2) is 23.1 Å². The van der Waals surface area contributed by atoms with Gasteiger partial charge in [0.15, 0.2) is 0 Å². The van der Waals surface area contributed by atoms with Crippen LogP contribution in [-0.4, -0.2) is 4.57 Å². The van der Waals surface area contributed by atoms with Crippen LogP contribution in [-0.2, 0) is 13.1 Å². The molecule has 70 valence electrons. The molecule has 0 radical (unpaired) electrons. The molecule has 0 aliphatic heterocycles. The van der Waals surface area contributed by atoms with E-state index in [9.17, 15) is 4.79 Å². The van der Waals surface area contributed by atoms with Crippen LogP contribution in [0.4, 0.5) is 0 Å². The van der Waals surface area contributed by atoms with Gasteiger partial charge in [-0.25, -0.2) is 0 Å². The van der Waals surface area contributed by atoms with Crippen molar-refractivity contribution >= 4 is 0 Å². The average Bonchev–Trinajstić information content (AvgIpc) is 2.92. The van der Waals surface area contributed by atoms with Gasteiger partial charge in [-0.3, -0.25) is 4.79 Å². The molecule has 0 unspecified atom stereocenters. The van der Waals surface area contributed by atoms with Crippen molar-refractivity contribution in [2.45, 2.75) is 25.9 Å². The maximum Gasteiger partial charge on any atom is 0.250 e. The highest BCUT2D eigenvalue weighted by Gasteiger charge is 2.21. The van der Waals surface area contributed by atoms with Crippen molar-refractivity contribution in [1.29, 1.82) is 0 Å². The van der Waals surface area contributed by atoms with Gasteiger partial charge in [0.1, 0.15) is 0 Å². The molecule has 2 N–H and O–H groups in total. The minimum absolute atomic E-state index is 0.0786. The first-order valence-corrected chi connectivity index (χ1v) is 4.69.